The number of hydrogen-bond donors (Lipinski definition) is 2. The van der Waals surface area contributed by atoms with Gasteiger partial charge in [0.05, 0.1) is 18.5 Å². The molecule has 0 atom stereocenters. The Bertz CT molecular complexity index is 395. The smallest absolute Gasteiger partial charge is 0.222 e. The monoisotopic (exact) mass is 265 g/mol. The lowest BCUT2D eigenvalue weighted by Gasteiger charge is -2.38. The summed E-state index contributed by atoms with van der Waals surface area (Å²) in [5.74, 6) is 0.708. The van der Waals surface area contributed by atoms with Crippen molar-refractivity contribution in [1.82, 2.24) is 14.9 Å². The quantitative estimate of drug-likeness (QED) is 0.844. The van der Waals surface area contributed by atoms with Crippen molar-refractivity contribution in [2.75, 3.05) is 6.61 Å². The number of aliphatic hydroxyl groups excluding tert-OH is 1. The van der Waals surface area contributed by atoms with E-state index >= 15 is 0 Å². The lowest BCUT2D eigenvalue weighted by Crippen LogP contribution is -2.53. The van der Waals surface area contributed by atoms with Crippen molar-refractivity contribution >= 4 is 5.91 Å². The van der Waals surface area contributed by atoms with Gasteiger partial charge in [0.25, 0.3) is 0 Å². The summed E-state index contributed by atoms with van der Waals surface area (Å²) in [6.07, 6.45) is 9.58. The molecule has 0 radical (unpaired) electrons. The molecular weight excluding hydrogens is 242 g/mol. The number of nitrogens with one attached hydrogen (secondary N) is 1. The molecule has 2 N–H and O–H groups in total. The van der Waals surface area contributed by atoms with Crippen LogP contribution in [0.4, 0.5) is 0 Å². The van der Waals surface area contributed by atoms with Crippen LogP contribution in [-0.4, -0.2) is 32.7 Å². The van der Waals surface area contributed by atoms with Crippen molar-refractivity contribution in [3.8, 4) is 0 Å². The molecule has 1 heterocycles. The van der Waals surface area contributed by atoms with Crippen molar-refractivity contribution < 1.29 is 9.90 Å². The molecule has 1 amide bonds. The van der Waals surface area contributed by atoms with E-state index in [2.05, 4.69) is 17.2 Å². The van der Waals surface area contributed by atoms with E-state index in [1.54, 1.807) is 12.5 Å². The topological polar surface area (TPSA) is 67.2 Å². The molecule has 1 aromatic heterocycles. The van der Waals surface area contributed by atoms with Gasteiger partial charge in [0.1, 0.15) is 0 Å². The highest BCUT2D eigenvalue weighted by molar-refractivity contribution is 5.76. The molecular formula is C14H23N3O2. The lowest BCUT2D eigenvalue weighted by atomic mass is 9.77. The number of imidazole rings is 1. The van der Waals surface area contributed by atoms with E-state index in [0.717, 1.165) is 25.7 Å². The van der Waals surface area contributed by atoms with Gasteiger partial charge in [0.2, 0.25) is 5.91 Å². The van der Waals surface area contributed by atoms with Crippen molar-refractivity contribution in [3.63, 3.8) is 0 Å². The number of carbonyl (C=O) groups is 1. The van der Waals surface area contributed by atoms with Crippen molar-refractivity contribution in [3.05, 3.63) is 18.7 Å². The summed E-state index contributed by atoms with van der Waals surface area (Å²) in [4.78, 5) is 15.9. The lowest BCUT2D eigenvalue weighted by molar-refractivity contribution is -0.124. The summed E-state index contributed by atoms with van der Waals surface area (Å²) in [7, 11) is 0. The van der Waals surface area contributed by atoms with Crippen LogP contribution < -0.4 is 5.32 Å². The van der Waals surface area contributed by atoms with E-state index in [1.165, 1.54) is 0 Å². The van der Waals surface area contributed by atoms with Gasteiger partial charge in [-0.2, -0.15) is 0 Å². The first-order valence-corrected chi connectivity index (χ1v) is 7.01. The zero-order chi connectivity index (χ0) is 13.7. The first-order valence-electron chi connectivity index (χ1n) is 7.01. The summed E-state index contributed by atoms with van der Waals surface area (Å²) in [5, 5.41) is 12.6. The van der Waals surface area contributed by atoms with Crippen LogP contribution in [0.1, 0.15) is 39.0 Å². The largest absolute Gasteiger partial charge is 0.394 e. The molecule has 0 unspecified atom stereocenters. The van der Waals surface area contributed by atoms with Gasteiger partial charge in [0, 0.05) is 25.4 Å². The molecule has 0 aromatic carbocycles. The van der Waals surface area contributed by atoms with Crippen LogP contribution >= 0.6 is 0 Å². The summed E-state index contributed by atoms with van der Waals surface area (Å²) in [6, 6.07) is 0. The van der Waals surface area contributed by atoms with Crippen LogP contribution in [0, 0.1) is 5.92 Å². The first kappa shape index (κ1) is 14.1. The molecule has 1 aliphatic carbocycles. The predicted octanol–water partition coefficient (Wildman–Crippen LogP) is 1.33. The third-order valence-corrected chi connectivity index (χ3v) is 4.09. The fraction of sp³-hybridized carbons (Fsp3) is 0.714. The van der Waals surface area contributed by atoms with E-state index in [-0.39, 0.29) is 12.5 Å². The third kappa shape index (κ3) is 3.80. The van der Waals surface area contributed by atoms with E-state index in [9.17, 15) is 9.90 Å². The zero-order valence-corrected chi connectivity index (χ0v) is 11.5. The van der Waals surface area contributed by atoms with E-state index in [4.69, 9.17) is 0 Å². The second-order valence-corrected chi connectivity index (χ2v) is 5.72. The molecule has 0 saturated heterocycles. The SMILES string of the molecule is CC1CCC(CO)(NC(=O)CCn2ccnc2)CC1. The van der Waals surface area contributed by atoms with Crippen LogP contribution in [-0.2, 0) is 11.3 Å². The Hall–Kier alpha value is -1.36. The number of aromatic nitrogens is 2. The number of rotatable bonds is 5. The molecule has 1 saturated carbocycles. The second-order valence-electron chi connectivity index (χ2n) is 5.72. The van der Waals surface area contributed by atoms with Gasteiger partial charge in [-0.1, -0.05) is 6.92 Å². The molecule has 5 heteroatoms. The molecule has 2 rings (SSSR count). The van der Waals surface area contributed by atoms with Crippen molar-refractivity contribution in [2.45, 2.75) is 51.1 Å². The maximum Gasteiger partial charge on any atom is 0.222 e. The van der Waals surface area contributed by atoms with Gasteiger partial charge in [-0.15, -0.1) is 0 Å². The molecule has 106 valence electrons. The Balaban J connectivity index is 1.82. The van der Waals surface area contributed by atoms with Gasteiger partial charge in [-0.25, -0.2) is 4.98 Å². The highest BCUT2D eigenvalue weighted by Crippen LogP contribution is 2.31. The minimum absolute atomic E-state index is 0.0114. The van der Waals surface area contributed by atoms with Crippen LogP contribution in [0.5, 0.6) is 0 Å². The average Bonchev–Trinajstić information content (AvgIpc) is 2.93. The zero-order valence-electron chi connectivity index (χ0n) is 11.5. The third-order valence-electron chi connectivity index (χ3n) is 4.09. The number of nitrogens with zero attached hydrogens (tertiary/aromatic N) is 2. The van der Waals surface area contributed by atoms with Gasteiger partial charge < -0.3 is 15.0 Å². The summed E-state index contributed by atoms with van der Waals surface area (Å²) in [5.41, 5.74) is -0.390. The van der Waals surface area contributed by atoms with Gasteiger partial charge in [-0.05, 0) is 31.6 Å². The average molecular weight is 265 g/mol. The molecule has 5 nitrogen and oxygen atoms in total. The van der Waals surface area contributed by atoms with Crippen LogP contribution in [0.25, 0.3) is 0 Å². The summed E-state index contributed by atoms with van der Waals surface area (Å²) < 4.78 is 1.88. The van der Waals surface area contributed by atoms with Gasteiger partial charge in [-0.3, -0.25) is 4.79 Å². The van der Waals surface area contributed by atoms with Crippen molar-refractivity contribution in [2.24, 2.45) is 5.92 Å². The minimum atomic E-state index is -0.390. The first-order chi connectivity index (χ1) is 9.13. The molecule has 0 bridgehead atoms. The fourth-order valence-corrected chi connectivity index (χ4v) is 2.65. The maximum atomic E-state index is 12.0. The van der Waals surface area contributed by atoms with Crippen LogP contribution in [0.3, 0.4) is 0 Å². The molecule has 0 spiro atoms. The highest BCUT2D eigenvalue weighted by Gasteiger charge is 2.34. The van der Waals surface area contributed by atoms with Crippen LogP contribution in [0.2, 0.25) is 0 Å². The standard InChI is InChI=1S/C14H23N3O2/c1-12-2-5-14(10-18,6-3-12)16-13(19)4-8-17-9-7-15-11-17/h7,9,11-12,18H,2-6,8,10H2,1H3,(H,16,19). The normalized spacial score (nSPS) is 27.2. The van der Waals surface area contributed by atoms with Crippen LogP contribution in [0.15, 0.2) is 18.7 Å². The Labute approximate surface area is 114 Å². The minimum Gasteiger partial charge on any atom is -0.394 e. The predicted molar refractivity (Wildman–Crippen MR) is 72.4 cm³/mol. The molecule has 19 heavy (non-hydrogen) atoms. The fourth-order valence-electron chi connectivity index (χ4n) is 2.65. The van der Waals surface area contributed by atoms with Crippen molar-refractivity contribution in [1.29, 1.82) is 0 Å². The number of carbonyl (C=O) groups excluding carboxylic acids is 1. The molecule has 1 fully saturated rings. The van der Waals surface area contributed by atoms with Gasteiger partial charge in [0.15, 0.2) is 0 Å². The summed E-state index contributed by atoms with van der Waals surface area (Å²) >= 11 is 0. The summed E-state index contributed by atoms with van der Waals surface area (Å²) in [6.45, 7) is 2.89. The number of aliphatic hydroxyl groups is 1. The second kappa shape index (κ2) is 6.19. The van der Waals surface area contributed by atoms with E-state index < -0.39 is 5.54 Å². The molecule has 0 aliphatic heterocycles. The number of hydrogen-bond acceptors (Lipinski definition) is 3. The van der Waals surface area contributed by atoms with E-state index in [0.29, 0.717) is 18.9 Å². The number of amides is 1. The maximum absolute atomic E-state index is 12.0. The van der Waals surface area contributed by atoms with E-state index in [1.807, 2.05) is 10.8 Å². The highest BCUT2D eigenvalue weighted by atomic mass is 16.3. The Morgan fingerprint density at radius 2 is 2.26 bits per heavy atom. The molecule has 1 aliphatic rings. The number of aryl methyl sites for hydroxylation is 1. The van der Waals surface area contributed by atoms with Gasteiger partial charge >= 0.3 is 0 Å². The Kier molecular flexibility index (Phi) is 4.58. The Morgan fingerprint density at radius 1 is 1.53 bits per heavy atom. The molecule has 1 aromatic rings. The Morgan fingerprint density at radius 3 is 2.84 bits per heavy atom.